The molecule has 1 fully saturated rings. The molecule has 0 amide bonds. The van der Waals surface area contributed by atoms with Gasteiger partial charge in [0.1, 0.15) is 0 Å². The molecule has 0 bridgehead atoms. The Hall–Kier alpha value is -0.840. The summed E-state index contributed by atoms with van der Waals surface area (Å²) in [6.45, 7) is 6.45. The van der Waals surface area contributed by atoms with Crippen LogP contribution in [0.5, 0.6) is 0 Å². The number of nitrogens with zero attached hydrogens (tertiary/aromatic N) is 1. The molecule has 1 saturated heterocycles. The Kier molecular flexibility index (Phi) is 2.99. The normalized spacial score (nSPS) is 29.1. The van der Waals surface area contributed by atoms with Crippen LogP contribution in [0.4, 0.5) is 9.18 Å². The van der Waals surface area contributed by atoms with Gasteiger partial charge in [0.15, 0.2) is 12.3 Å². The largest absolute Gasteiger partial charge is 0.506 e. The SMILES string of the molecule is CC(C)(C)N1CC(F)C(OC(=O)O)C1. The molecule has 1 heterocycles. The minimum Gasteiger partial charge on any atom is -0.450 e. The van der Waals surface area contributed by atoms with Crippen molar-refractivity contribution in [2.75, 3.05) is 13.1 Å². The molecule has 1 aliphatic heterocycles. The van der Waals surface area contributed by atoms with Crippen molar-refractivity contribution in [2.24, 2.45) is 0 Å². The molecule has 4 nitrogen and oxygen atoms in total. The first kappa shape index (κ1) is 11.2. The average Bonchev–Trinajstić information content (AvgIpc) is 2.30. The summed E-state index contributed by atoms with van der Waals surface area (Å²) in [6, 6.07) is 0. The first-order valence-electron chi connectivity index (χ1n) is 4.59. The molecule has 0 aliphatic carbocycles. The van der Waals surface area contributed by atoms with Crippen molar-refractivity contribution < 1.29 is 19.0 Å². The molecular weight excluding hydrogens is 189 g/mol. The van der Waals surface area contributed by atoms with E-state index in [4.69, 9.17) is 5.11 Å². The van der Waals surface area contributed by atoms with E-state index in [1.54, 1.807) is 0 Å². The zero-order valence-corrected chi connectivity index (χ0v) is 8.66. The highest BCUT2D eigenvalue weighted by Crippen LogP contribution is 2.24. The fourth-order valence-corrected chi connectivity index (χ4v) is 1.52. The number of hydrogen-bond acceptors (Lipinski definition) is 3. The lowest BCUT2D eigenvalue weighted by Gasteiger charge is -2.31. The molecule has 0 saturated carbocycles. The van der Waals surface area contributed by atoms with Gasteiger partial charge >= 0.3 is 6.16 Å². The van der Waals surface area contributed by atoms with Gasteiger partial charge in [0, 0.05) is 18.6 Å². The van der Waals surface area contributed by atoms with Crippen LogP contribution in [-0.2, 0) is 4.74 Å². The van der Waals surface area contributed by atoms with Gasteiger partial charge < -0.3 is 9.84 Å². The van der Waals surface area contributed by atoms with E-state index >= 15 is 0 Å². The van der Waals surface area contributed by atoms with Crippen molar-refractivity contribution in [3.63, 3.8) is 0 Å². The topological polar surface area (TPSA) is 49.8 Å². The van der Waals surface area contributed by atoms with Crippen LogP contribution in [0.1, 0.15) is 20.8 Å². The Morgan fingerprint density at radius 3 is 2.43 bits per heavy atom. The van der Waals surface area contributed by atoms with Crippen LogP contribution >= 0.6 is 0 Å². The lowest BCUT2D eigenvalue weighted by Crippen LogP contribution is -2.40. The van der Waals surface area contributed by atoms with E-state index in [0.29, 0.717) is 6.54 Å². The van der Waals surface area contributed by atoms with Crippen molar-refractivity contribution in [1.82, 2.24) is 4.90 Å². The molecule has 2 unspecified atom stereocenters. The number of likely N-dealkylation sites (tertiary alicyclic amines) is 1. The third kappa shape index (κ3) is 2.57. The zero-order chi connectivity index (χ0) is 10.9. The number of carbonyl (C=O) groups is 1. The van der Waals surface area contributed by atoms with Gasteiger partial charge in [0.2, 0.25) is 0 Å². The third-order valence-electron chi connectivity index (χ3n) is 2.40. The van der Waals surface area contributed by atoms with E-state index in [1.807, 2.05) is 25.7 Å². The molecular formula is C9H16FNO3. The molecule has 0 aromatic rings. The van der Waals surface area contributed by atoms with Crippen LogP contribution < -0.4 is 0 Å². The lowest BCUT2D eigenvalue weighted by atomic mass is 10.1. The fraction of sp³-hybridized carbons (Fsp3) is 0.889. The number of rotatable bonds is 1. The second-order valence-corrected chi connectivity index (χ2v) is 4.51. The van der Waals surface area contributed by atoms with E-state index in [-0.39, 0.29) is 12.1 Å². The summed E-state index contributed by atoms with van der Waals surface area (Å²) in [5, 5.41) is 8.37. The van der Waals surface area contributed by atoms with Crippen LogP contribution in [-0.4, -0.2) is 47.1 Å². The standard InChI is InChI=1S/C9H16FNO3/c1-9(2,3)11-4-6(10)7(5-11)14-8(12)13/h6-7H,4-5H2,1-3H3,(H,12,13). The summed E-state index contributed by atoms with van der Waals surface area (Å²) >= 11 is 0. The van der Waals surface area contributed by atoms with Crippen molar-refractivity contribution in [3.05, 3.63) is 0 Å². The second-order valence-electron chi connectivity index (χ2n) is 4.51. The highest BCUT2D eigenvalue weighted by atomic mass is 19.1. The number of halogens is 1. The van der Waals surface area contributed by atoms with Crippen LogP contribution in [0.3, 0.4) is 0 Å². The maximum Gasteiger partial charge on any atom is 0.506 e. The molecule has 0 radical (unpaired) electrons. The Morgan fingerprint density at radius 2 is 2.07 bits per heavy atom. The van der Waals surface area contributed by atoms with E-state index < -0.39 is 18.4 Å². The van der Waals surface area contributed by atoms with Crippen LogP contribution in [0, 0.1) is 0 Å². The molecule has 14 heavy (non-hydrogen) atoms. The Balaban J connectivity index is 2.56. The predicted molar refractivity (Wildman–Crippen MR) is 49.1 cm³/mol. The minimum absolute atomic E-state index is 0.152. The third-order valence-corrected chi connectivity index (χ3v) is 2.40. The average molecular weight is 205 g/mol. The van der Waals surface area contributed by atoms with Gasteiger partial charge in [-0.3, -0.25) is 4.90 Å². The van der Waals surface area contributed by atoms with Gasteiger partial charge in [-0.1, -0.05) is 0 Å². The summed E-state index contributed by atoms with van der Waals surface area (Å²) < 4.78 is 17.7. The maximum atomic E-state index is 13.3. The molecule has 0 aromatic carbocycles. The summed E-state index contributed by atoms with van der Waals surface area (Å²) in [5.41, 5.74) is -0.152. The molecule has 5 heteroatoms. The summed E-state index contributed by atoms with van der Waals surface area (Å²) in [7, 11) is 0. The summed E-state index contributed by atoms with van der Waals surface area (Å²) in [6.07, 6.45) is -3.47. The van der Waals surface area contributed by atoms with Crippen molar-refractivity contribution in [2.45, 2.75) is 38.6 Å². The first-order valence-corrected chi connectivity index (χ1v) is 4.59. The lowest BCUT2D eigenvalue weighted by molar-refractivity contribution is 0.0293. The van der Waals surface area contributed by atoms with Gasteiger partial charge in [-0.15, -0.1) is 0 Å². The van der Waals surface area contributed by atoms with Gasteiger partial charge in [-0.05, 0) is 20.8 Å². The number of hydrogen-bond donors (Lipinski definition) is 1. The maximum absolute atomic E-state index is 13.3. The second kappa shape index (κ2) is 3.73. The Bertz CT molecular complexity index is 227. The molecule has 1 N–H and O–H groups in total. The van der Waals surface area contributed by atoms with Crippen LogP contribution in [0.25, 0.3) is 0 Å². The van der Waals surface area contributed by atoms with Crippen molar-refractivity contribution >= 4 is 6.16 Å². The molecule has 82 valence electrons. The summed E-state index contributed by atoms with van der Waals surface area (Å²) in [5.74, 6) is 0. The summed E-state index contributed by atoms with van der Waals surface area (Å²) in [4.78, 5) is 12.1. The molecule has 1 rings (SSSR count). The zero-order valence-electron chi connectivity index (χ0n) is 8.66. The van der Waals surface area contributed by atoms with Gasteiger partial charge in [0.25, 0.3) is 0 Å². The quantitative estimate of drug-likeness (QED) is 0.659. The monoisotopic (exact) mass is 205 g/mol. The molecule has 0 aromatic heterocycles. The van der Waals surface area contributed by atoms with Crippen LogP contribution in [0.15, 0.2) is 0 Å². The van der Waals surface area contributed by atoms with Crippen LogP contribution in [0.2, 0.25) is 0 Å². The molecule has 1 aliphatic rings. The van der Waals surface area contributed by atoms with E-state index in [0.717, 1.165) is 0 Å². The number of ether oxygens (including phenoxy) is 1. The van der Waals surface area contributed by atoms with Gasteiger partial charge in [-0.2, -0.15) is 0 Å². The highest BCUT2D eigenvalue weighted by Gasteiger charge is 2.40. The smallest absolute Gasteiger partial charge is 0.450 e. The van der Waals surface area contributed by atoms with E-state index in [9.17, 15) is 9.18 Å². The van der Waals surface area contributed by atoms with Crippen molar-refractivity contribution in [1.29, 1.82) is 0 Å². The molecule has 2 atom stereocenters. The fourth-order valence-electron chi connectivity index (χ4n) is 1.52. The highest BCUT2D eigenvalue weighted by molar-refractivity contribution is 5.57. The van der Waals surface area contributed by atoms with Crippen molar-refractivity contribution in [3.8, 4) is 0 Å². The minimum atomic E-state index is -1.41. The van der Waals surface area contributed by atoms with Gasteiger partial charge in [0.05, 0.1) is 0 Å². The Morgan fingerprint density at radius 1 is 1.50 bits per heavy atom. The Labute approximate surface area is 82.6 Å². The first-order chi connectivity index (χ1) is 6.30. The number of carboxylic acid groups (broad SMARTS) is 1. The van der Waals surface area contributed by atoms with E-state index in [2.05, 4.69) is 4.74 Å². The predicted octanol–water partition coefficient (Wildman–Crippen LogP) is 1.50. The van der Waals surface area contributed by atoms with E-state index in [1.165, 1.54) is 0 Å². The number of alkyl halides is 1. The van der Waals surface area contributed by atoms with Gasteiger partial charge in [-0.25, -0.2) is 9.18 Å². The molecule has 0 spiro atoms.